The molecule has 0 aliphatic carbocycles. The van der Waals surface area contributed by atoms with Gasteiger partial charge in [-0.15, -0.1) is 0 Å². The number of amides is 2. The molecular formula is C14H24N2O5. The van der Waals surface area contributed by atoms with E-state index < -0.39 is 17.4 Å². The lowest BCUT2D eigenvalue weighted by atomic mass is 9.96. The Labute approximate surface area is 124 Å². The summed E-state index contributed by atoms with van der Waals surface area (Å²) >= 11 is 0. The first-order valence-electron chi connectivity index (χ1n) is 7.00. The minimum absolute atomic E-state index is 0.109. The number of carbonyl (C=O) groups excluding carboxylic acids is 3. The second kappa shape index (κ2) is 7.40. The summed E-state index contributed by atoms with van der Waals surface area (Å²) in [6, 6.07) is -0.699. The van der Waals surface area contributed by atoms with Crippen molar-refractivity contribution in [3.8, 4) is 0 Å². The van der Waals surface area contributed by atoms with Crippen LogP contribution in [0.15, 0.2) is 0 Å². The van der Waals surface area contributed by atoms with Gasteiger partial charge in [-0.2, -0.15) is 0 Å². The Morgan fingerprint density at radius 2 is 2.00 bits per heavy atom. The smallest absolute Gasteiger partial charge is 0.331 e. The van der Waals surface area contributed by atoms with Crippen LogP contribution >= 0.6 is 0 Å². The average molecular weight is 300 g/mol. The monoisotopic (exact) mass is 300 g/mol. The molecule has 0 radical (unpaired) electrons. The quantitative estimate of drug-likeness (QED) is 0.735. The first-order valence-corrected chi connectivity index (χ1v) is 7.00. The number of nitrogens with one attached hydrogen (secondary N) is 1. The Morgan fingerprint density at radius 1 is 1.33 bits per heavy atom. The average Bonchev–Trinajstić information content (AvgIpc) is 2.45. The fourth-order valence-corrected chi connectivity index (χ4v) is 1.93. The maximum Gasteiger partial charge on any atom is 0.331 e. The largest absolute Gasteiger partial charge is 0.467 e. The molecule has 7 heteroatoms. The summed E-state index contributed by atoms with van der Waals surface area (Å²) in [7, 11) is 1.28. The Balaban J connectivity index is 2.49. The van der Waals surface area contributed by atoms with Gasteiger partial charge in [0.25, 0.3) is 0 Å². The predicted molar refractivity (Wildman–Crippen MR) is 75.4 cm³/mol. The molecule has 0 bridgehead atoms. The van der Waals surface area contributed by atoms with E-state index in [4.69, 9.17) is 4.74 Å². The number of hydrogen-bond acceptors (Lipinski definition) is 5. The van der Waals surface area contributed by atoms with E-state index in [0.29, 0.717) is 13.2 Å². The summed E-state index contributed by atoms with van der Waals surface area (Å²) in [4.78, 5) is 37.0. The van der Waals surface area contributed by atoms with E-state index in [9.17, 15) is 14.4 Å². The minimum Gasteiger partial charge on any atom is -0.467 e. The van der Waals surface area contributed by atoms with Crippen LogP contribution in [-0.4, -0.2) is 62.1 Å². The van der Waals surface area contributed by atoms with E-state index in [-0.39, 0.29) is 31.4 Å². The van der Waals surface area contributed by atoms with Crippen LogP contribution in [0.2, 0.25) is 0 Å². The molecule has 1 heterocycles. The fourth-order valence-electron chi connectivity index (χ4n) is 1.93. The SMILES string of the molecule is COC(=O)C1COCCN1C(=O)CCNC(=O)C(C)(C)C. The van der Waals surface area contributed by atoms with Crippen molar-refractivity contribution in [1.82, 2.24) is 10.2 Å². The molecule has 1 aliphatic rings. The molecule has 0 saturated carbocycles. The highest BCUT2D eigenvalue weighted by atomic mass is 16.5. The van der Waals surface area contributed by atoms with E-state index in [1.54, 1.807) is 20.8 Å². The number of rotatable bonds is 4. The molecule has 0 aromatic carbocycles. The van der Waals surface area contributed by atoms with Crippen molar-refractivity contribution >= 4 is 17.8 Å². The van der Waals surface area contributed by atoms with Crippen molar-refractivity contribution in [3.05, 3.63) is 0 Å². The van der Waals surface area contributed by atoms with Crippen LogP contribution in [0.5, 0.6) is 0 Å². The summed E-state index contributed by atoms with van der Waals surface area (Å²) in [5, 5.41) is 2.72. The molecule has 0 aromatic rings. The van der Waals surface area contributed by atoms with Gasteiger partial charge in [0.2, 0.25) is 11.8 Å². The first kappa shape index (κ1) is 17.4. The Bertz CT molecular complexity index is 403. The normalized spacial score (nSPS) is 19.0. The number of methoxy groups -OCH3 is 1. The van der Waals surface area contributed by atoms with Crippen molar-refractivity contribution in [3.63, 3.8) is 0 Å². The molecule has 7 nitrogen and oxygen atoms in total. The van der Waals surface area contributed by atoms with Gasteiger partial charge >= 0.3 is 5.97 Å². The molecule has 0 aromatic heterocycles. The van der Waals surface area contributed by atoms with Gasteiger partial charge in [0.05, 0.1) is 20.3 Å². The zero-order chi connectivity index (χ0) is 16.0. The zero-order valence-corrected chi connectivity index (χ0v) is 13.1. The van der Waals surface area contributed by atoms with Crippen LogP contribution in [0.25, 0.3) is 0 Å². The number of hydrogen-bond donors (Lipinski definition) is 1. The van der Waals surface area contributed by atoms with Crippen LogP contribution in [0.3, 0.4) is 0 Å². The Kier molecular flexibility index (Phi) is 6.14. The van der Waals surface area contributed by atoms with E-state index in [0.717, 1.165) is 0 Å². The molecule has 2 amide bonds. The van der Waals surface area contributed by atoms with Gasteiger partial charge in [-0.3, -0.25) is 9.59 Å². The van der Waals surface area contributed by atoms with E-state index in [1.165, 1.54) is 12.0 Å². The van der Waals surface area contributed by atoms with Gasteiger partial charge in [-0.1, -0.05) is 20.8 Å². The van der Waals surface area contributed by atoms with Gasteiger partial charge in [0.15, 0.2) is 6.04 Å². The minimum atomic E-state index is -0.699. The van der Waals surface area contributed by atoms with E-state index in [1.807, 2.05) is 0 Å². The summed E-state index contributed by atoms with van der Waals surface area (Å²) in [6.45, 7) is 6.56. The molecular weight excluding hydrogens is 276 g/mol. The standard InChI is InChI=1S/C14H24N2O5/c1-14(2,3)13(19)15-6-5-11(17)16-7-8-21-9-10(16)12(18)20-4/h10H,5-9H2,1-4H3,(H,15,19). The van der Waals surface area contributed by atoms with Crippen LogP contribution in [0.4, 0.5) is 0 Å². The summed E-state index contributed by atoms with van der Waals surface area (Å²) in [5.74, 6) is -0.786. The molecule has 1 atom stereocenters. The van der Waals surface area contributed by atoms with Crippen LogP contribution in [0.1, 0.15) is 27.2 Å². The number of morpholine rings is 1. The third-order valence-corrected chi connectivity index (χ3v) is 3.23. The summed E-state index contributed by atoms with van der Waals surface area (Å²) < 4.78 is 9.88. The Morgan fingerprint density at radius 3 is 2.57 bits per heavy atom. The van der Waals surface area contributed by atoms with Crippen molar-refractivity contribution in [2.75, 3.05) is 33.4 Å². The van der Waals surface area contributed by atoms with Crippen molar-refractivity contribution in [2.45, 2.75) is 33.2 Å². The highest BCUT2D eigenvalue weighted by Gasteiger charge is 2.33. The van der Waals surface area contributed by atoms with Crippen LogP contribution in [0, 0.1) is 5.41 Å². The number of esters is 1. The van der Waals surface area contributed by atoms with Crippen molar-refractivity contribution < 1.29 is 23.9 Å². The second-order valence-corrected chi connectivity index (χ2v) is 5.96. The van der Waals surface area contributed by atoms with E-state index >= 15 is 0 Å². The number of nitrogens with zero attached hydrogens (tertiary/aromatic N) is 1. The summed E-state index contributed by atoms with van der Waals surface area (Å²) in [6.07, 6.45) is 0.148. The zero-order valence-electron chi connectivity index (χ0n) is 13.1. The predicted octanol–water partition coefficient (Wildman–Crippen LogP) is -0.0608. The van der Waals surface area contributed by atoms with Crippen LogP contribution < -0.4 is 5.32 Å². The van der Waals surface area contributed by atoms with Gasteiger partial charge in [-0.05, 0) is 0 Å². The molecule has 1 rings (SSSR count). The Hall–Kier alpha value is -1.63. The number of ether oxygens (including phenoxy) is 2. The highest BCUT2D eigenvalue weighted by Crippen LogP contribution is 2.13. The summed E-state index contributed by atoms with van der Waals surface area (Å²) in [5.41, 5.74) is -0.490. The first-order chi connectivity index (χ1) is 9.77. The van der Waals surface area contributed by atoms with Crippen LogP contribution in [-0.2, 0) is 23.9 Å². The van der Waals surface area contributed by atoms with E-state index in [2.05, 4.69) is 10.1 Å². The number of carbonyl (C=O) groups is 3. The van der Waals surface area contributed by atoms with Crippen molar-refractivity contribution in [2.24, 2.45) is 5.41 Å². The molecule has 1 fully saturated rings. The third kappa shape index (κ3) is 5.00. The van der Waals surface area contributed by atoms with Gasteiger partial charge in [-0.25, -0.2) is 4.79 Å². The molecule has 1 N–H and O–H groups in total. The molecule has 1 unspecified atom stereocenters. The maximum atomic E-state index is 12.2. The highest BCUT2D eigenvalue weighted by molar-refractivity contribution is 5.86. The topological polar surface area (TPSA) is 84.9 Å². The molecule has 0 spiro atoms. The fraction of sp³-hybridized carbons (Fsp3) is 0.786. The van der Waals surface area contributed by atoms with Gasteiger partial charge in [0.1, 0.15) is 0 Å². The van der Waals surface area contributed by atoms with Gasteiger partial charge in [0, 0.05) is 24.9 Å². The lowest BCUT2D eigenvalue weighted by molar-refractivity contribution is -0.160. The second-order valence-electron chi connectivity index (χ2n) is 5.96. The lowest BCUT2D eigenvalue weighted by Gasteiger charge is -2.33. The molecule has 1 aliphatic heterocycles. The molecule has 1 saturated heterocycles. The molecule has 21 heavy (non-hydrogen) atoms. The van der Waals surface area contributed by atoms with Crippen molar-refractivity contribution in [1.29, 1.82) is 0 Å². The van der Waals surface area contributed by atoms with Gasteiger partial charge < -0.3 is 19.7 Å². The third-order valence-electron chi connectivity index (χ3n) is 3.23. The molecule has 120 valence electrons. The lowest BCUT2D eigenvalue weighted by Crippen LogP contribution is -2.53. The maximum absolute atomic E-state index is 12.2.